The van der Waals surface area contributed by atoms with Crippen LogP contribution in [0.1, 0.15) is 6.92 Å². The van der Waals surface area contributed by atoms with E-state index < -0.39 is 0 Å². The fourth-order valence-corrected chi connectivity index (χ4v) is 1.44. The molecule has 0 bridgehead atoms. The van der Waals surface area contributed by atoms with Crippen LogP contribution in [-0.2, 0) is 9.53 Å². The van der Waals surface area contributed by atoms with E-state index in [-0.39, 0.29) is 5.97 Å². The summed E-state index contributed by atoms with van der Waals surface area (Å²) >= 11 is 1.38. The molecule has 1 heterocycles. The van der Waals surface area contributed by atoms with Gasteiger partial charge in [0.25, 0.3) is 0 Å². The van der Waals surface area contributed by atoms with Crippen LogP contribution < -0.4 is 5.84 Å². The average Bonchev–Trinajstić information content (AvgIpc) is 2.60. The standard InChI is InChI=1S/C8H12N4O2S/c1-2-14-7(13)4-3-5-15-8-11-10-6-12(8)9/h3-4,6H,2,5,9H2,1H3/b4-3+. The number of nitrogen functional groups attached to an aromatic ring is 1. The van der Waals surface area contributed by atoms with Gasteiger partial charge < -0.3 is 10.6 Å². The Morgan fingerprint density at radius 2 is 2.60 bits per heavy atom. The van der Waals surface area contributed by atoms with Gasteiger partial charge in [-0.1, -0.05) is 17.8 Å². The van der Waals surface area contributed by atoms with Crippen LogP contribution in [0.4, 0.5) is 0 Å². The van der Waals surface area contributed by atoms with Gasteiger partial charge in [-0.15, -0.1) is 10.2 Å². The summed E-state index contributed by atoms with van der Waals surface area (Å²) in [6.07, 6.45) is 4.49. The van der Waals surface area contributed by atoms with Gasteiger partial charge in [0.2, 0.25) is 5.16 Å². The molecule has 0 aliphatic carbocycles. The van der Waals surface area contributed by atoms with E-state index in [1.165, 1.54) is 28.8 Å². The highest BCUT2D eigenvalue weighted by Crippen LogP contribution is 2.11. The van der Waals surface area contributed by atoms with Gasteiger partial charge >= 0.3 is 5.97 Å². The Kier molecular flexibility index (Phi) is 4.69. The molecule has 0 aliphatic rings. The molecule has 1 aromatic rings. The van der Waals surface area contributed by atoms with Crippen LogP contribution in [0.5, 0.6) is 0 Å². The summed E-state index contributed by atoms with van der Waals surface area (Å²) < 4.78 is 6.03. The summed E-state index contributed by atoms with van der Waals surface area (Å²) in [7, 11) is 0. The maximum absolute atomic E-state index is 10.9. The molecule has 7 heteroatoms. The van der Waals surface area contributed by atoms with E-state index in [1.54, 1.807) is 13.0 Å². The molecule has 2 N–H and O–H groups in total. The molecule has 0 amide bonds. The predicted molar refractivity (Wildman–Crippen MR) is 56.7 cm³/mol. The third kappa shape index (κ3) is 4.03. The van der Waals surface area contributed by atoms with Gasteiger partial charge in [0.05, 0.1) is 6.61 Å². The van der Waals surface area contributed by atoms with Crippen molar-refractivity contribution in [3.63, 3.8) is 0 Å². The van der Waals surface area contributed by atoms with Crippen molar-refractivity contribution in [2.45, 2.75) is 12.1 Å². The maximum atomic E-state index is 10.9. The van der Waals surface area contributed by atoms with Gasteiger partial charge in [-0.25, -0.2) is 9.47 Å². The molecule has 0 radical (unpaired) electrons. The number of hydrogen-bond donors (Lipinski definition) is 1. The van der Waals surface area contributed by atoms with Gasteiger partial charge in [0.1, 0.15) is 6.33 Å². The highest BCUT2D eigenvalue weighted by Gasteiger charge is 1.99. The second kappa shape index (κ2) is 6.07. The van der Waals surface area contributed by atoms with Gasteiger partial charge in [-0.05, 0) is 6.92 Å². The molecule has 0 atom stereocenters. The van der Waals surface area contributed by atoms with Crippen molar-refractivity contribution in [3.8, 4) is 0 Å². The van der Waals surface area contributed by atoms with E-state index in [4.69, 9.17) is 10.6 Å². The molecule has 0 aliphatic heterocycles. The lowest BCUT2D eigenvalue weighted by atomic mass is 10.5. The van der Waals surface area contributed by atoms with Crippen molar-refractivity contribution >= 4 is 17.7 Å². The van der Waals surface area contributed by atoms with E-state index in [0.29, 0.717) is 17.5 Å². The topological polar surface area (TPSA) is 83.0 Å². The summed E-state index contributed by atoms with van der Waals surface area (Å²) in [6.45, 7) is 2.14. The van der Waals surface area contributed by atoms with Crippen molar-refractivity contribution in [3.05, 3.63) is 18.5 Å². The largest absolute Gasteiger partial charge is 0.463 e. The first-order valence-electron chi connectivity index (χ1n) is 4.35. The predicted octanol–water partition coefficient (Wildman–Crippen LogP) is 0.203. The Morgan fingerprint density at radius 1 is 1.80 bits per heavy atom. The average molecular weight is 228 g/mol. The minimum Gasteiger partial charge on any atom is -0.463 e. The van der Waals surface area contributed by atoms with E-state index in [2.05, 4.69) is 10.2 Å². The lowest BCUT2D eigenvalue weighted by Crippen LogP contribution is -2.07. The fourth-order valence-electron chi connectivity index (χ4n) is 0.793. The van der Waals surface area contributed by atoms with Crippen LogP contribution in [0.15, 0.2) is 23.6 Å². The molecule has 1 rings (SSSR count). The third-order valence-corrected chi connectivity index (χ3v) is 2.30. The normalized spacial score (nSPS) is 10.7. The first-order valence-corrected chi connectivity index (χ1v) is 5.33. The molecule has 1 aromatic heterocycles. The number of hydrogen-bond acceptors (Lipinski definition) is 6. The zero-order valence-electron chi connectivity index (χ0n) is 8.29. The molecule has 0 fully saturated rings. The Labute approximate surface area is 91.5 Å². The molecule has 0 saturated heterocycles. The molecule has 0 unspecified atom stereocenters. The Bertz CT molecular complexity index is 350. The van der Waals surface area contributed by atoms with Crippen molar-refractivity contribution in [1.29, 1.82) is 0 Å². The van der Waals surface area contributed by atoms with Crippen molar-refractivity contribution in [1.82, 2.24) is 14.9 Å². The zero-order chi connectivity index (χ0) is 11.1. The van der Waals surface area contributed by atoms with Crippen LogP contribution in [0, 0.1) is 0 Å². The van der Waals surface area contributed by atoms with E-state index in [1.807, 2.05) is 0 Å². The number of aromatic nitrogens is 3. The number of thioether (sulfide) groups is 1. The van der Waals surface area contributed by atoms with Crippen LogP contribution >= 0.6 is 11.8 Å². The zero-order valence-corrected chi connectivity index (χ0v) is 9.11. The first-order chi connectivity index (χ1) is 7.24. The Balaban J connectivity index is 2.27. The minimum atomic E-state index is -0.340. The molecular weight excluding hydrogens is 216 g/mol. The van der Waals surface area contributed by atoms with Crippen LogP contribution in [0.2, 0.25) is 0 Å². The smallest absolute Gasteiger partial charge is 0.330 e. The highest BCUT2D eigenvalue weighted by molar-refractivity contribution is 7.99. The van der Waals surface area contributed by atoms with E-state index >= 15 is 0 Å². The lowest BCUT2D eigenvalue weighted by molar-refractivity contribution is -0.137. The SMILES string of the molecule is CCOC(=O)/C=C/CSc1nncn1N. The summed E-state index contributed by atoms with van der Waals surface area (Å²) in [5.41, 5.74) is 0. The number of rotatable bonds is 5. The fraction of sp³-hybridized carbons (Fsp3) is 0.375. The monoisotopic (exact) mass is 228 g/mol. The van der Waals surface area contributed by atoms with Crippen molar-refractivity contribution < 1.29 is 9.53 Å². The summed E-state index contributed by atoms with van der Waals surface area (Å²) in [5.74, 6) is 5.74. The Morgan fingerprint density at radius 3 is 3.20 bits per heavy atom. The van der Waals surface area contributed by atoms with Crippen molar-refractivity contribution in [2.75, 3.05) is 18.2 Å². The number of nitrogens with zero attached hydrogens (tertiary/aromatic N) is 3. The Hall–Kier alpha value is -1.50. The van der Waals surface area contributed by atoms with Crippen LogP contribution in [0.3, 0.4) is 0 Å². The highest BCUT2D eigenvalue weighted by atomic mass is 32.2. The summed E-state index contributed by atoms with van der Waals surface area (Å²) in [5, 5.41) is 7.99. The molecule has 82 valence electrons. The summed E-state index contributed by atoms with van der Waals surface area (Å²) in [6, 6.07) is 0. The van der Waals surface area contributed by atoms with E-state index in [0.717, 1.165) is 0 Å². The number of carbonyl (C=O) groups is 1. The van der Waals surface area contributed by atoms with Crippen LogP contribution in [0.25, 0.3) is 0 Å². The first kappa shape index (κ1) is 11.6. The lowest BCUT2D eigenvalue weighted by Gasteiger charge is -1.96. The summed E-state index contributed by atoms with van der Waals surface area (Å²) in [4.78, 5) is 10.9. The number of nitrogens with two attached hydrogens (primary N) is 1. The number of ether oxygens (including phenoxy) is 1. The molecule has 15 heavy (non-hydrogen) atoms. The van der Waals surface area contributed by atoms with Gasteiger partial charge in [-0.2, -0.15) is 0 Å². The minimum absolute atomic E-state index is 0.340. The molecule has 0 aromatic carbocycles. The van der Waals surface area contributed by atoms with Gasteiger partial charge in [0, 0.05) is 11.8 Å². The second-order valence-electron chi connectivity index (χ2n) is 2.49. The molecule has 6 nitrogen and oxygen atoms in total. The second-order valence-corrected chi connectivity index (χ2v) is 3.47. The van der Waals surface area contributed by atoms with Crippen molar-refractivity contribution in [2.24, 2.45) is 0 Å². The molecule has 0 spiro atoms. The number of carbonyl (C=O) groups excluding carboxylic acids is 1. The third-order valence-electron chi connectivity index (χ3n) is 1.39. The molecule has 0 saturated carbocycles. The van der Waals surface area contributed by atoms with Gasteiger partial charge in [0.15, 0.2) is 0 Å². The van der Waals surface area contributed by atoms with Crippen LogP contribution in [-0.4, -0.2) is 33.2 Å². The van der Waals surface area contributed by atoms with Gasteiger partial charge in [-0.3, -0.25) is 0 Å². The quantitative estimate of drug-likeness (QED) is 0.335. The molecular formula is C8H12N4O2S. The van der Waals surface area contributed by atoms with E-state index in [9.17, 15) is 4.79 Å². The maximum Gasteiger partial charge on any atom is 0.330 e. The number of esters is 1.